The fraction of sp³-hybridized carbons (Fsp3) is 0.938. The molecule has 0 radical (unpaired) electrons. The molecule has 2 unspecified atom stereocenters. The van der Waals surface area contributed by atoms with Gasteiger partial charge in [0.2, 0.25) is 0 Å². The van der Waals surface area contributed by atoms with Crippen molar-refractivity contribution < 1.29 is 14.9 Å². The van der Waals surface area contributed by atoms with Gasteiger partial charge in [-0.1, -0.05) is 60.1 Å². The largest absolute Gasteiger partial charge is 0.396 e. The molecule has 0 aromatic heterocycles. The van der Waals surface area contributed by atoms with E-state index in [1.54, 1.807) is 5.57 Å². The molecule has 0 saturated heterocycles. The first-order valence-electron chi connectivity index (χ1n) is 14.8. The van der Waals surface area contributed by atoms with E-state index in [2.05, 4.69) is 61.5 Å². The van der Waals surface area contributed by atoms with Crippen LogP contribution in [-0.2, 0) is 4.74 Å². The van der Waals surface area contributed by atoms with Gasteiger partial charge in [-0.3, -0.25) is 0 Å². The third-order valence-electron chi connectivity index (χ3n) is 13.6. The number of aliphatic hydroxyl groups is 2. The van der Waals surface area contributed by atoms with Crippen molar-refractivity contribution in [1.82, 2.24) is 0 Å². The summed E-state index contributed by atoms with van der Waals surface area (Å²) in [5, 5.41) is 21.4. The first-order valence-corrected chi connectivity index (χ1v) is 14.8. The number of ether oxygens (including phenoxy) is 1. The quantitative estimate of drug-likeness (QED) is 0.416. The van der Waals surface area contributed by atoms with Gasteiger partial charge < -0.3 is 14.9 Å². The Balaban J connectivity index is 1.57. The average molecular weight is 487 g/mol. The van der Waals surface area contributed by atoms with Crippen LogP contribution in [0.25, 0.3) is 0 Å². The lowest BCUT2D eigenvalue weighted by Gasteiger charge is -2.71. The molecule has 3 heteroatoms. The van der Waals surface area contributed by atoms with Crippen molar-refractivity contribution in [1.29, 1.82) is 0 Å². The summed E-state index contributed by atoms with van der Waals surface area (Å²) in [4.78, 5) is 0. The molecule has 200 valence electrons. The molecule has 0 spiro atoms. The highest BCUT2D eigenvalue weighted by atomic mass is 16.5. The molecule has 5 rings (SSSR count). The standard InChI is InChI=1S/C32H54O3/c1-9-35-26-19-27(2,3)18-22-21-10-11-24-29(5)14-13-25(34)30(6,20-33)23(29)12-15-32(24,8)31(21,7)17-16-28(22,26)4/h10,22-26,33-34H,9,11-20H2,1-8H3/t22-,23?,24?,25-,26-,28+,29-,30+,31+,32+/m0/s1. The van der Waals surface area contributed by atoms with Crippen LogP contribution in [0.2, 0.25) is 0 Å². The highest BCUT2D eigenvalue weighted by Gasteiger charge is 2.69. The first kappa shape index (κ1) is 26.2. The molecular formula is C32H54O3. The molecule has 0 aromatic rings. The van der Waals surface area contributed by atoms with E-state index in [1.165, 1.54) is 38.5 Å². The second-order valence-electron chi connectivity index (χ2n) is 15.6. The summed E-state index contributed by atoms with van der Waals surface area (Å²) in [5.41, 5.74) is 2.62. The van der Waals surface area contributed by atoms with E-state index >= 15 is 0 Å². The third kappa shape index (κ3) is 3.32. The van der Waals surface area contributed by atoms with E-state index in [1.807, 2.05) is 0 Å². The van der Waals surface area contributed by atoms with Crippen LogP contribution in [-0.4, -0.2) is 35.6 Å². The molecular weight excluding hydrogens is 432 g/mol. The van der Waals surface area contributed by atoms with Crippen molar-refractivity contribution in [3.63, 3.8) is 0 Å². The van der Waals surface area contributed by atoms with Gasteiger partial charge in [-0.05, 0) is 104 Å². The van der Waals surface area contributed by atoms with Crippen LogP contribution in [0, 0.1) is 50.2 Å². The number of hydrogen-bond donors (Lipinski definition) is 2. The van der Waals surface area contributed by atoms with Crippen molar-refractivity contribution in [2.24, 2.45) is 50.2 Å². The van der Waals surface area contributed by atoms with Gasteiger partial charge in [0.05, 0.1) is 18.8 Å². The minimum absolute atomic E-state index is 0.102. The zero-order valence-electron chi connectivity index (χ0n) is 24.0. The van der Waals surface area contributed by atoms with E-state index in [4.69, 9.17) is 4.74 Å². The molecule has 35 heavy (non-hydrogen) atoms. The molecule has 4 fully saturated rings. The Hall–Kier alpha value is -0.380. The van der Waals surface area contributed by atoms with Gasteiger partial charge in [0.15, 0.2) is 0 Å². The van der Waals surface area contributed by atoms with E-state index in [0.717, 1.165) is 25.9 Å². The van der Waals surface area contributed by atoms with Crippen molar-refractivity contribution in [2.75, 3.05) is 13.2 Å². The van der Waals surface area contributed by atoms with Gasteiger partial charge in [0.25, 0.3) is 0 Å². The van der Waals surface area contributed by atoms with E-state index in [9.17, 15) is 10.2 Å². The summed E-state index contributed by atoms with van der Waals surface area (Å²) in [6, 6.07) is 0. The minimum Gasteiger partial charge on any atom is -0.396 e. The van der Waals surface area contributed by atoms with E-state index in [-0.39, 0.29) is 39.8 Å². The summed E-state index contributed by atoms with van der Waals surface area (Å²) < 4.78 is 6.49. The minimum atomic E-state index is -0.379. The second-order valence-corrected chi connectivity index (χ2v) is 15.6. The molecule has 0 heterocycles. The maximum Gasteiger partial charge on any atom is 0.0639 e. The molecule has 3 nitrogen and oxygen atoms in total. The van der Waals surface area contributed by atoms with Gasteiger partial charge in [0, 0.05) is 17.4 Å². The Kier molecular flexibility index (Phi) is 6.04. The fourth-order valence-corrected chi connectivity index (χ4v) is 11.1. The molecule has 5 aliphatic rings. The lowest BCUT2D eigenvalue weighted by atomic mass is 9.33. The van der Waals surface area contributed by atoms with Gasteiger partial charge in [0.1, 0.15) is 0 Å². The van der Waals surface area contributed by atoms with Crippen LogP contribution in [0.5, 0.6) is 0 Å². The van der Waals surface area contributed by atoms with Crippen molar-refractivity contribution in [2.45, 2.75) is 125 Å². The van der Waals surface area contributed by atoms with Gasteiger partial charge in [-0.15, -0.1) is 0 Å². The van der Waals surface area contributed by atoms with Crippen LogP contribution in [0.3, 0.4) is 0 Å². The zero-order valence-corrected chi connectivity index (χ0v) is 24.0. The summed E-state index contributed by atoms with van der Waals surface area (Å²) in [7, 11) is 0. The van der Waals surface area contributed by atoms with E-state index in [0.29, 0.717) is 29.3 Å². The number of aliphatic hydroxyl groups excluding tert-OH is 2. The highest BCUT2D eigenvalue weighted by Crippen LogP contribution is 2.75. The van der Waals surface area contributed by atoms with Crippen LogP contribution in [0.4, 0.5) is 0 Å². The SMILES string of the molecule is CCO[C@H]1CC(C)(C)C[C@H]2C3=CCC4[C@@]5(C)CC[C@H](O)[C@](C)(CO)C5CC[C@@]4(C)[C@]3(C)CC[C@@]12C. The molecule has 0 aliphatic heterocycles. The Morgan fingerprint density at radius 3 is 2.26 bits per heavy atom. The van der Waals surface area contributed by atoms with E-state index < -0.39 is 0 Å². The topological polar surface area (TPSA) is 49.7 Å². The van der Waals surface area contributed by atoms with Crippen molar-refractivity contribution in [3.05, 3.63) is 11.6 Å². The molecule has 5 aliphatic carbocycles. The molecule has 0 amide bonds. The van der Waals surface area contributed by atoms with Crippen LogP contribution < -0.4 is 0 Å². The number of rotatable bonds is 3. The maximum atomic E-state index is 11.0. The van der Waals surface area contributed by atoms with Gasteiger partial charge >= 0.3 is 0 Å². The third-order valence-corrected chi connectivity index (χ3v) is 13.6. The van der Waals surface area contributed by atoms with Crippen molar-refractivity contribution >= 4 is 0 Å². The maximum absolute atomic E-state index is 11.0. The zero-order chi connectivity index (χ0) is 25.7. The molecule has 0 bridgehead atoms. The molecule has 4 saturated carbocycles. The number of fused-ring (bicyclic) bond motifs is 7. The summed E-state index contributed by atoms with van der Waals surface area (Å²) >= 11 is 0. The molecule has 2 N–H and O–H groups in total. The lowest BCUT2D eigenvalue weighted by molar-refractivity contribution is -0.219. The molecule has 10 atom stereocenters. The van der Waals surface area contributed by atoms with Crippen molar-refractivity contribution in [3.8, 4) is 0 Å². The number of allylic oxidation sites excluding steroid dienone is 2. The Morgan fingerprint density at radius 2 is 1.60 bits per heavy atom. The Bertz CT molecular complexity index is 878. The fourth-order valence-electron chi connectivity index (χ4n) is 11.1. The first-order chi connectivity index (χ1) is 16.2. The second kappa shape index (κ2) is 8.06. The molecule has 0 aromatic carbocycles. The van der Waals surface area contributed by atoms with Crippen LogP contribution in [0.15, 0.2) is 11.6 Å². The summed E-state index contributed by atoms with van der Waals surface area (Å²) in [6.07, 6.45) is 13.1. The average Bonchev–Trinajstić information content (AvgIpc) is 2.78. The predicted octanol–water partition coefficient (Wildman–Crippen LogP) is 7.16. The monoisotopic (exact) mass is 486 g/mol. The summed E-state index contributed by atoms with van der Waals surface area (Å²) in [5.74, 6) is 1.62. The Morgan fingerprint density at radius 1 is 0.886 bits per heavy atom. The van der Waals surface area contributed by atoms with Gasteiger partial charge in [-0.2, -0.15) is 0 Å². The normalized spacial score (nSPS) is 55.1. The number of hydrogen-bond acceptors (Lipinski definition) is 3. The smallest absolute Gasteiger partial charge is 0.0639 e. The van der Waals surface area contributed by atoms with Gasteiger partial charge in [-0.25, -0.2) is 0 Å². The van der Waals surface area contributed by atoms with Crippen LogP contribution in [0.1, 0.15) is 113 Å². The van der Waals surface area contributed by atoms with Crippen LogP contribution >= 0.6 is 0 Å². The predicted molar refractivity (Wildman–Crippen MR) is 143 cm³/mol. The summed E-state index contributed by atoms with van der Waals surface area (Å²) in [6.45, 7) is 20.5. The Labute approximate surface area is 215 Å². The highest BCUT2D eigenvalue weighted by molar-refractivity contribution is 5.34. The lowest BCUT2D eigenvalue weighted by Crippen LogP contribution is -2.66.